The topological polar surface area (TPSA) is 29.1 Å². The lowest BCUT2D eigenvalue weighted by Gasteiger charge is -2.06. The summed E-state index contributed by atoms with van der Waals surface area (Å²) in [5, 5.41) is 4.22. The highest BCUT2D eigenvalue weighted by atomic mass is 35.5. The Kier molecular flexibility index (Phi) is 3.24. The van der Waals surface area contributed by atoms with Gasteiger partial charge in [0.05, 0.1) is 10.0 Å². The zero-order valence-electron chi connectivity index (χ0n) is 7.59. The van der Waals surface area contributed by atoms with Crippen molar-refractivity contribution in [2.45, 2.75) is 0 Å². The molecule has 0 aliphatic carbocycles. The van der Waals surface area contributed by atoms with Crippen LogP contribution in [-0.4, -0.2) is 10.9 Å². The first-order chi connectivity index (χ1) is 7.15. The minimum Gasteiger partial charge on any atom is -0.358 e. The van der Waals surface area contributed by atoms with E-state index in [1.54, 1.807) is 18.2 Å². The molecule has 15 heavy (non-hydrogen) atoms. The van der Waals surface area contributed by atoms with Gasteiger partial charge in [-0.1, -0.05) is 35.0 Å². The van der Waals surface area contributed by atoms with Crippen molar-refractivity contribution in [1.29, 1.82) is 0 Å². The molecule has 0 spiro atoms. The lowest BCUT2D eigenvalue weighted by molar-refractivity contribution is -0.106. The third-order valence-corrected chi connectivity index (χ3v) is 3.48. The molecule has 2 rings (SSSR count). The van der Waals surface area contributed by atoms with Gasteiger partial charge in [0.15, 0.2) is 0 Å². The van der Waals surface area contributed by atoms with Crippen LogP contribution in [0.5, 0.6) is 0 Å². The standard InChI is InChI=1S/C10H7Cl2NOS/c11-8-2-1-6(3-9(8)12)13-7-4-10(14)15-5-7/h1-4,13H,5H2. The summed E-state index contributed by atoms with van der Waals surface area (Å²) in [4.78, 5) is 11.0. The minimum absolute atomic E-state index is 0.0811. The summed E-state index contributed by atoms with van der Waals surface area (Å²) in [5.74, 6) is 0.680. The molecular weight excluding hydrogens is 253 g/mol. The number of benzene rings is 1. The van der Waals surface area contributed by atoms with E-state index in [0.717, 1.165) is 11.4 Å². The number of anilines is 1. The molecule has 0 fully saturated rings. The summed E-state index contributed by atoms with van der Waals surface area (Å²) in [5.41, 5.74) is 1.73. The van der Waals surface area contributed by atoms with Crippen molar-refractivity contribution < 1.29 is 4.79 Å². The van der Waals surface area contributed by atoms with Crippen molar-refractivity contribution in [1.82, 2.24) is 0 Å². The second kappa shape index (κ2) is 4.47. The second-order valence-electron chi connectivity index (χ2n) is 3.03. The van der Waals surface area contributed by atoms with Crippen LogP contribution in [0.4, 0.5) is 5.69 Å². The average molecular weight is 260 g/mol. The van der Waals surface area contributed by atoms with Crippen LogP contribution < -0.4 is 5.32 Å². The molecule has 0 aromatic heterocycles. The molecule has 0 saturated heterocycles. The van der Waals surface area contributed by atoms with Crippen LogP contribution in [0.3, 0.4) is 0 Å². The van der Waals surface area contributed by atoms with Gasteiger partial charge < -0.3 is 5.32 Å². The van der Waals surface area contributed by atoms with Gasteiger partial charge in [-0.25, -0.2) is 0 Å². The predicted molar refractivity (Wildman–Crippen MR) is 65.6 cm³/mol. The Morgan fingerprint density at radius 1 is 1.27 bits per heavy atom. The van der Waals surface area contributed by atoms with E-state index in [9.17, 15) is 4.79 Å². The molecule has 0 saturated carbocycles. The summed E-state index contributed by atoms with van der Waals surface area (Å²) in [6, 6.07) is 5.28. The van der Waals surface area contributed by atoms with Gasteiger partial charge in [-0.2, -0.15) is 0 Å². The van der Waals surface area contributed by atoms with E-state index >= 15 is 0 Å². The molecule has 1 heterocycles. The van der Waals surface area contributed by atoms with Crippen molar-refractivity contribution >= 4 is 45.8 Å². The number of hydrogen-bond donors (Lipinski definition) is 1. The molecule has 0 radical (unpaired) electrons. The minimum atomic E-state index is 0.0811. The van der Waals surface area contributed by atoms with E-state index in [4.69, 9.17) is 23.2 Å². The first kappa shape index (κ1) is 10.9. The van der Waals surface area contributed by atoms with Crippen LogP contribution in [-0.2, 0) is 4.79 Å². The Labute approximate surface area is 102 Å². The third-order valence-electron chi connectivity index (χ3n) is 1.89. The highest BCUT2D eigenvalue weighted by Crippen LogP contribution is 2.27. The molecule has 1 N–H and O–H groups in total. The number of rotatable bonds is 2. The van der Waals surface area contributed by atoms with Crippen molar-refractivity contribution in [3.8, 4) is 0 Å². The number of hydrogen-bond acceptors (Lipinski definition) is 3. The summed E-state index contributed by atoms with van der Waals surface area (Å²) < 4.78 is 0. The van der Waals surface area contributed by atoms with E-state index in [0.29, 0.717) is 15.8 Å². The number of halogens is 2. The Morgan fingerprint density at radius 3 is 2.67 bits per heavy atom. The number of carbonyl (C=O) groups excluding carboxylic acids is 1. The maximum absolute atomic E-state index is 11.0. The van der Waals surface area contributed by atoms with Crippen LogP contribution in [0.15, 0.2) is 30.0 Å². The Hall–Kier alpha value is -0.640. The van der Waals surface area contributed by atoms with Crippen LogP contribution in [0.1, 0.15) is 0 Å². The molecule has 0 unspecified atom stereocenters. The van der Waals surface area contributed by atoms with Crippen molar-refractivity contribution in [3.05, 3.63) is 40.0 Å². The van der Waals surface area contributed by atoms with Gasteiger partial charge in [-0.3, -0.25) is 4.79 Å². The first-order valence-electron chi connectivity index (χ1n) is 4.24. The zero-order valence-corrected chi connectivity index (χ0v) is 9.92. The van der Waals surface area contributed by atoms with Gasteiger partial charge >= 0.3 is 0 Å². The van der Waals surface area contributed by atoms with Gasteiger partial charge in [0.1, 0.15) is 0 Å². The Morgan fingerprint density at radius 2 is 2.07 bits per heavy atom. The van der Waals surface area contributed by atoms with Crippen LogP contribution in [0.25, 0.3) is 0 Å². The number of nitrogens with one attached hydrogen (secondary N) is 1. The lowest BCUT2D eigenvalue weighted by atomic mass is 10.3. The van der Waals surface area contributed by atoms with Crippen molar-refractivity contribution in [2.75, 3.05) is 11.1 Å². The van der Waals surface area contributed by atoms with Gasteiger partial charge in [0.2, 0.25) is 5.12 Å². The van der Waals surface area contributed by atoms with Crippen LogP contribution in [0, 0.1) is 0 Å². The molecule has 0 bridgehead atoms. The predicted octanol–water partition coefficient (Wildman–Crippen LogP) is 3.56. The molecule has 78 valence electrons. The molecule has 1 aromatic carbocycles. The van der Waals surface area contributed by atoms with E-state index in [1.165, 1.54) is 11.8 Å². The van der Waals surface area contributed by atoms with E-state index in [-0.39, 0.29) is 5.12 Å². The van der Waals surface area contributed by atoms with E-state index in [1.807, 2.05) is 6.07 Å². The molecule has 0 atom stereocenters. The number of carbonyl (C=O) groups is 1. The summed E-state index contributed by atoms with van der Waals surface area (Å²) in [6.07, 6.45) is 1.59. The first-order valence-corrected chi connectivity index (χ1v) is 5.99. The smallest absolute Gasteiger partial charge is 0.214 e. The van der Waals surface area contributed by atoms with E-state index < -0.39 is 0 Å². The maximum Gasteiger partial charge on any atom is 0.214 e. The van der Waals surface area contributed by atoms with Crippen molar-refractivity contribution in [3.63, 3.8) is 0 Å². The molecule has 1 aromatic rings. The van der Waals surface area contributed by atoms with Gasteiger partial charge in [-0.15, -0.1) is 0 Å². The monoisotopic (exact) mass is 259 g/mol. The summed E-state index contributed by atoms with van der Waals surface area (Å²) >= 11 is 12.9. The second-order valence-corrected chi connectivity index (χ2v) is 4.83. The summed E-state index contributed by atoms with van der Waals surface area (Å²) in [6.45, 7) is 0. The molecule has 1 aliphatic rings. The molecule has 0 amide bonds. The highest BCUT2D eigenvalue weighted by molar-refractivity contribution is 8.14. The Bertz CT molecular complexity index is 445. The third kappa shape index (κ3) is 2.68. The molecular formula is C10H7Cl2NOS. The fourth-order valence-corrected chi connectivity index (χ4v) is 2.18. The van der Waals surface area contributed by atoms with Crippen molar-refractivity contribution in [2.24, 2.45) is 0 Å². The largest absolute Gasteiger partial charge is 0.358 e. The van der Waals surface area contributed by atoms with Crippen LogP contribution >= 0.6 is 35.0 Å². The summed E-state index contributed by atoms with van der Waals surface area (Å²) in [7, 11) is 0. The fraction of sp³-hybridized carbons (Fsp3) is 0.100. The molecule has 2 nitrogen and oxygen atoms in total. The highest BCUT2D eigenvalue weighted by Gasteiger charge is 2.12. The van der Waals surface area contributed by atoms with E-state index in [2.05, 4.69) is 5.32 Å². The fourth-order valence-electron chi connectivity index (χ4n) is 1.21. The quantitative estimate of drug-likeness (QED) is 0.881. The normalized spacial score (nSPS) is 15.3. The van der Waals surface area contributed by atoms with Gasteiger partial charge in [0, 0.05) is 23.2 Å². The lowest BCUT2D eigenvalue weighted by Crippen LogP contribution is -1.98. The average Bonchev–Trinajstić information content (AvgIpc) is 2.58. The Balaban J connectivity index is 2.14. The maximum atomic E-state index is 11.0. The van der Waals surface area contributed by atoms with Gasteiger partial charge in [0.25, 0.3) is 0 Å². The van der Waals surface area contributed by atoms with Crippen LogP contribution in [0.2, 0.25) is 10.0 Å². The zero-order chi connectivity index (χ0) is 10.8. The molecule has 1 aliphatic heterocycles. The molecule has 5 heteroatoms. The number of thioether (sulfide) groups is 1. The van der Waals surface area contributed by atoms with Gasteiger partial charge in [-0.05, 0) is 18.2 Å². The SMILES string of the molecule is O=C1C=C(Nc2ccc(Cl)c(Cl)c2)CS1.